The number of ether oxygens (including phenoxy) is 1. The van der Waals surface area contributed by atoms with Gasteiger partial charge in [0.05, 0.1) is 11.3 Å². The van der Waals surface area contributed by atoms with Crippen LogP contribution in [0.1, 0.15) is 41.4 Å². The third-order valence-corrected chi connectivity index (χ3v) is 2.98. The number of carboxylic acids is 1. The summed E-state index contributed by atoms with van der Waals surface area (Å²) in [5.74, 6) is 0.193. The third kappa shape index (κ3) is 2.93. The van der Waals surface area contributed by atoms with Gasteiger partial charge in [0.1, 0.15) is 12.1 Å². The molecule has 0 aliphatic heterocycles. The molecule has 1 aromatic heterocycles. The van der Waals surface area contributed by atoms with Gasteiger partial charge in [-0.2, -0.15) is 0 Å². The topological polar surface area (TPSA) is 72.3 Å². The lowest BCUT2D eigenvalue weighted by atomic mass is 10.1. The molecule has 1 heterocycles. The molecule has 2 rings (SSSR count). The summed E-state index contributed by atoms with van der Waals surface area (Å²) in [6, 6.07) is 6.68. The molecule has 104 valence electrons. The van der Waals surface area contributed by atoms with Crippen molar-refractivity contribution < 1.29 is 14.6 Å². The lowest BCUT2D eigenvalue weighted by molar-refractivity contribution is 0.0695. The van der Waals surface area contributed by atoms with Crippen LogP contribution >= 0.6 is 0 Å². The number of nitrogens with zero attached hydrogens (tertiary/aromatic N) is 2. The molecule has 5 nitrogen and oxygen atoms in total. The molecule has 0 saturated heterocycles. The van der Waals surface area contributed by atoms with E-state index in [4.69, 9.17) is 9.84 Å². The highest BCUT2D eigenvalue weighted by atomic mass is 16.5. The molecule has 0 spiro atoms. The first kappa shape index (κ1) is 14.0. The fourth-order valence-electron chi connectivity index (χ4n) is 1.79. The van der Waals surface area contributed by atoms with Gasteiger partial charge in [0.25, 0.3) is 0 Å². The fourth-order valence-corrected chi connectivity index (χ4v) is 1.79. The first-order valence-corrected chi connectivity index (χ1v) is 6.31. The van der Waals surface area contributed by atoms with E-state index >= 15 is 0 Å². The third-order valence-electron chi connectivity index (χ3n) is 2.98. The molecule has 0 amide bonds. The molecule has 0 fully saturated rings. The summed E-state index contributed by atoms with van der Waals surface area (Å²) in [7, 11) is 0. The molecule has 5 heteroatoms. The zero-order valence-electron chi connectivity index (χ0n) is 11.6. The van der Waals surface area contributed by atoms with E-state index in [0.29, 0.717) is 17.2 Å². The predicted octanol–water partition coefficient (Wildman–Crippen LogP) is 3.40. The molecular formula is C15H16N2O3. The number of benzene rings is 1. The second kappa shape index (κ2) is 5.69. The maximum Gasteiger partial charge on any atom is 0.336 e. The van der Waals surface area contributed by atoms with E-state index in [1.165, 1.54) is 6.33 Å². The molecule has 0 radical (unpaired) electrons. The largest absolute Gasteiger partial charge is 0.478 e. The van der Waals surface area contributed by atoms with Crippen molar-refractivity contribution in [2.45, 2.75) is 26.7 Å². The molecule has 0 aliphatic carbocycles. The zero-order chi connectivity index (χ0) is 14.7. The Morgan fingerprint density at radius 1 is 1.30 bits per heavy atom. The fraction of sp³-hybridized carbons (Fsp3) is 0.267. The number of hydrogen-bond donors (Lipinski definition) is 1. The number of aromatic carboxylic acids is 1. The van der Waals surface area contributed by atoms with Crippen LogP contribution in [0.3, 0.4) is 0 Å². The van der Waals surface area contributed by atoms with Crippen molar-refractivity contribution >= 4 is 5.97 Å². The number of carbonyl (C=O) groups is 1. The summed E-state index contributed by atoms with van der Waals surface area (Å²) in [4.78, 5) is 19.3. The van der Waals surface area contributed by atoms with Gasteiger partial charge in [-0.25, -0.2) is 14.8 Å². The molecule has 0 saturated carbocycles. The highest BCUT2D eigenvalue weighted by Crippen LogP contribution is 2.27. The predicted molar refractivity (Wildman–Crippen MR) is 74.3 cm³/mol. The Kier molecular flexibility index (Phi) is 3.98. The van der Waals surface area contributed by atoms with Crippen LogP contribution in [0.5, 0.6) is 11.6 Å². The van der Waals surface area contributed by atoms with Crippen LogP contribution in [-0.2, 0) is 0 Å². The summed E-state index contributed by atoms with van der Waals surface area (Å²) in [5, 5.41) is 9.09. The van der Waals surface area contributed by atoms with Crippen LogP contribution in [-0.4, -0.2) is 21.0 Å². The molecule has 2 aromatic rings. The number of rotatable bonds is 4. The van der Waals surface area contributed by atoms with Crippen molar-refractivity contribution in [2.24, 2.45) is 0 Å². The van der Waals surface area contributed by atoms with Gasteiger partial charge in [0.15, 0.2) is 0 Å². The quantitative estimate of drug-likeness (QED) is 0.923. The molecule has 1 N–H and O–H groups in total. The van der Waals surface area contributed by atoms with Crippen molar-refractivity contribution in [1.82, 2.24) is 9.97 Å². The normalized spacial score (nSPS) is 10.6. The summed E-state index contributed by atoms with van der Waals surface area (Å²) in [5.41, 5.74) is 1.67. The molecule has 0 bridgehead atoms. The Morgan fingerprint density at radius 2 is 2.05 bits per heavy atom. The van der Waals surface area contributed by atoms with Gasteiger partial charge >= 0.3 is 5.97 Å². The van der Waals surface area contributed by atoms with Crippen molar-refractivity contribution in [2.75, 3.05) is 0 Å². The van der Waals surface area contributed by atoms with Crippen LogP contribution in [0.4, 0.5) is 0 Å². The van der Waals surface area contributed by atoms with Crippen molar-refractivity contribution in [3.05, 3.63) is 47.4 Å². The number of aromatic nitrogens is 2. The van der Waals surface area contributed by atoms with Crippen LogP contribution < -0.4 is 4.74 Å². The highest BCUT2D eigenvalue weighted by molar-refractivity contribution is 5.90. The maximum atomic E-state index is 11.1. The average molecular weight is 272 g/mol. The zero-order valence-corrected chi connectivity index (χ0v) is 11.6. The van der Waals surface area contributed by atoms with Gasteiger partial charge < -0.3 is 9.84 Å². The van der Waals surface area contributed by atoms with Gasteiger partial charge in [0, 0.05) is 11.6 Å². The minimum Gasteiger partial charge on any atom is -0.478 e. The van der Waals surface area contributed by atoms with E-state index in [1.54, 1.807) is 31.2 Å². The summed E-state index contributed by atoms with van der Waals surface area (Å²) in [6.45, 7) is 5.77. The smallest absolute Gasteiger partial charge is 0.336 e. The van der Waals surface area contributed by atoms with Gasteiger partial charge in [-0.05, 0) is 25.0 Å². The number of hydrogen-bond acceptors (Lipinski definition) is 4. The summed E-state index contributed by atoms with van der Waals surface area (Å²) in [6.07, 6.45) is 1.45. The van der Waals surface area contributed by atoms with E-state index in [1.807, 2.05) is 13.8 Å². The van der Waals surface area contributed by atoms with Gasteiger partial charge in [0.2, 0.25) is 5.88 Å². The van der Waals surface area contributed by atoms with Crippen LogP contribution in [0.25, 0.3) is 0 Å². The summed E-state index contributed by atoms with van der Waals surface area (Å²) < 4.78 is 5.68. The van der Waals surface area contributed by atoms with Gasteiger partial charge in [-0.3, -0.25) is 0 Å². The first-order chi connectivity index (χ1) is 9.49. The minimum absolute atomic E-state index is 0.223. The van der Waals surface area contributed by atoms with E-state index in [-0.39, 0.29) is 11.5 Å². The standard InChI is InChI=1S/C15H16N2O3/c1-9(2)12-7-14(17-8-16-12)20-13-6-4-5-11(10(13)3)15(18)19/h4-9H,1-3H3,(H,18,19). The lowest BCUT2D eigenvalue weighted by Crippen LogP contribution is -2.02. The van der Waals surface area contributed by atoms with Crippen LogP contribution in [0, 0.1) is 6.92 Å². The average Bonchev–Trinajstić information content (AvgIpc) is 2.41. The van der Waals surface area contributed by atoms with Crippen molar-refractivity contribution in [3.8, 4) is 11.6 Å². The van der Waals surface area contributed by atoms with Gasteiger partial charge in [-0.15, -0.1) is 0 Å². The SMILES string of the molecule is Cc1c(Oc2cc(C(C)C)ncn2)cccc1C(=O)O. The second-order valence-corrected chi connectivity index (χ2v) is 4.77. The Hall–Kier alpha value is -2.43. The minimum atomic E-state index is -0.974. The van der Waals surface area contributed by atoms with Crippen molar-refractivity contribution in [1.29, 1.82) is 0 Å². The molecular weight excluding hydrogens is 256 g/mol. The molecule has 0 atom stereocenters. The molecule has 1 aromatic carbocycles. The lowest BCUT2D eigenvalue weighted by Gasteiger charge is -2.11. The summed E-state index contributed by atoms with van der Waals surface area (Å²) >= 11 is 0. The Labute approximate surface area is 117 Å². The number of carboxylic acid groups (broad SMARTS) is 1. The van der Waals surface area contributed by atoms with Crippen LogP contribution in [0.15, 0.2) is 30.6 Å². The Morgan fingerprint density at radius 3 is 2.70 bits per heavy atom. The highest BCUT2D eigenvalue weighted by Gasteiger charge is 2.12. The van der Waals surface area contributed by atoms with Gasteiger partial charge in [-0.1, -0.05) is 19.9 Å². The first-order valence-electron chi connectivity index (χ1n) is 6.31. The van der Waals surface area contributed by atoms with Crippen LogP contribution in [0.2, 0.25) is 0 Å². The molecule has 0 aliphatic rings. The maximum absolute atomic E-state index is 11.1. The Bertz CT molecular complexity index is 639. The van der Waals surface area contributed by atoms with E-state index in [2.05, 4.69) is 9.97 Å². The molecule has 0 unspecified atom stereocenters. The van der Waals surface area contributed by atoms with E-state index in [0.717, 1.165) is 5.69 Å². The Balaban J connectivity index is 2.33. The van der Waals surface area contributed by atoms with Crippen molar-refractivity contribution in [3.63, 3.8) is 0 Å². The molecule has 20 heavy (non-hydrogen) atoms. The van der Waals surface area contributed by atoms with E-state index < -0.39 is 5.97 Å². The second-order valence-electron chi connectivity index (χ2n) is 4.77. The monoisotopic (exact) mass is 272 g/mol. The van der Waals surface area contributed by atoms with E-state index in [9.17, 15) is 4.79 Å².